The number of hydrogen-bond donors (Lipinski definition) is 2. The molecule has 0 unspecified atom stereocenters. The third-order valence-electron chi connectivity index (χ3n) is 5.84. The van der Waals surface area contributed by atoms with Crippen molar-refractivity contribution >= 4 is 0 Å². The van der Waals surface area contributed by atoms with Gasteiger partial charge in [0.1, 0.15) is 11.5 Å². The maximum Gasteiger partial charge on any atom is 0.120 e. The van der Waals surface area contributed by atoms with Crippen LogP contribution in [0.15, 0.2) is 97.1 Å². The number of rotatable bonds is 2. The normalized spacial score (nSPS) is 14.1. The lowest BCUT2D eigenvalue weighted by Gasteiger charge is -2.42. The van der Waals surface area contributed by atoms with E-state index in [1.54, 1.807) is 12.1 Å². The number of benzene rings is 4. The minimum absolute atomic E-state index is 0.220. The monoisotopic (exact) mass is 364 g/mol. The maximum absolute atomic E-state index is 10.9. The highest BCUT2D eigenvalue weighted by atomic mass is 16.3. The summed E-state index contributed by atoms with van der Waals surface area (Å²) in [4.78, 5) is 0. The molecule has 0 aliphatic heterocycles. The Morgan fingerprint density at radius 3 is 1.25 bits per heavy atom. The molecule has 4 aromatic rings. The van der Waals surface area contributed by atoms with Gasteiger partial charge in [0, 0.05) is 11.1 Å². The van der Waals surface area contributed by atoms with Crippen molar-refractivity contribution < 1.29 is 10.2 Å². The average Bonchev–Trinajstić information content (AvgIpc) is 2.73. The number of aromatic hydroxyl groups is 2. The van der Waals surface area contributed by atoms with Crippen LogP contribution in [0, 0.1) is 0 Å². The second kappa shape index (κ2) is 6.28. The van der Waals surface area contributed by atoms with Crippen LogP contribution in [-0.4, -0.2) is 10.2 Å². The lowest BCUT2D eigenvalue weighted by molar-refractivity contribution is 0.445. The molecule has 0 heterocycles. The molecule has 1 aliphatic rings. The van der Waals surface area contributed by atoms with Crippen LogP contribution >= 0.6 is 0 Å². The van der Waals surface area contributed by atoms with Crippen LogP contribution in [0.25, 0.3) is 0 Å². The summed E-state index contributed by atoms with van der Waals surface area (Å²) in [6.07, 6.45) is 0.829. The van der Waals surface area contributed by atoms with Crippen LogP contribution in [-0.2, 0) is 11.8 Å². The van der Waals surface area contributed by atoms with E-state index in [0.29, 0.717) is 0 Å². The van der Waals surface area contributed by atoms with Crippen molar-refractivity contribution in [2.24, 2.45) is 0 Å². The van der Waals surface area contributed by atoms with Crippen LogP contribution in [0.5, 0.6) is 11.5 Å². The number of para-hydroxylation sites is 2. The van der Waals surface area contributed by atoms with E-state index in [9.17, 15) is 10.2 Å². The van der Waals surface area contributed by atoms with Gasteiger partial charge in [-0.2, -0.15) is 0 Å². The van der Waals surface area contributed by atoms with E-state index in [0.717, 1.165) is 28.7 Å². The molecule has 2 heteroatoms. The van der Waals surface area contributed by atoms with Crippen LogP contribution in [0.1, 0.15) is 33.4 Å². The summed E-state index contributed by atoms with van der Waals surface area (Å²) in [6.45, 7) is 0. The van der Waals surface area contributed by atoms with Gasteiger partial charge in [-0.15, -0.1) is 0 Å². The van der Waals surface area contributed by atoms with Gasteiger partial charge in [-0.1, -0.05) is 84.9 Å². The van der Waals surface area contributed by atoms with E-state index in [4.69, 9.17) is 0 Å². The zero-order valence-electron chi connectivity index (χ0n) is 15.3. The van der Waals surface area contributed by atoms with Crippen LogP contribution < -0.4 is 0 Å². The van der Waals surface area contributed by atoms with Gasteiger partial charge in [0.05, 0.1) is 5.41 Å². The molecule has 0 saturated carbocycles. The highest BCUT2D eigenvalue weighted by molar-refractivity contribution is 5.70. The molecule has 2 nitrogen and oxygen atoms in total. The van der Waals surface area contributed by atoms with Crippen molar-refractivity contribution in [3.63, 3.8) is 0 Å². The largest absolute Gasteiger partial charge is 0.508 e. The second-order valence-electron chi connectivity index (χ2n) is 7.28. The standard InChI is InChI=1S/C26H20O2/c27-24-15-7-5-13-22(24)26(23-14-6-8-16-25(23)28)20-11-3-1-9-18(20)17-19-10-2-4-12-21(19)26/h1-16,27-28H,17H2. The van der Waals surface area contributed by atoms with E-state index in [1.807, 2.05) is 60.7 Å². The minimum Gasteiger partial charge on any atom is -0.508 e. The summed E-state index contributed by atoms with van der Waals surface area (Å²) in [7, 11) is 0. The van der Waals surface area contributed by atoms with Crippen LogP contribution in [0.2, 0.25) is 0 Å². The molecule has 0 fully saturated rings. The summed E-state index contributed by atoms with van der Waals surface area (Å²) in [5, 5.41) is 21.9. The Morgan fingerprint density at radius 2 is 0.821 bits per heavy atom. The van der Waals surface area contributed by atoms with Crippen molar-refractivity contribution in [3.8, 4) is 11.5 Å². The molecule has 0 radical (unpaired) electrons. The van der Waals surface area contributed by atoms with Gasteiger partial charge in [-0.3, -0.25) is 0 Å². The van der Waals surface area contributed by atoms with E-state index in [2.05, 4.69) is 24.3 Å². The lowest BCUT2D eigenvalue weighted by atomic mass is 9.59. The number of phenols is 2. The van der Waals surface area contributed by atoms with Gasteiger partial charge in [-0.05, 0) is 40.8 Å². The molecule has 0 saturated heterocycles. The first-order valence-electron chi connectivity index (χ1n) is 9.46. The Balaban J connectivity index is 2.02. The zero-order valence-corrected chi connectivity index (χ0v) is 15.3. The molecule has 5 rings (SSSR count). The zero-order chi connectivity index (χ0) is 19.1. The fourth-order valence-corrected chi connectivity index (χ4v) is 4.74. The number of phenolic OH excluding ortho intramolecular Hbond substituents is 2. The quantitative estimate of drug-likeness (QED) is 0.441. The number of hydrogen-bond acceptors (Lipinski definition) is 2. The summed E-state index contributed by atoms with van der Waals surface area (Å²) >= 11 is 0. The van der Waals surface area contributed by atoms with Gasteiger partial charge in [-0.25, -0.2) is 0 Å². The summed E-state index contributed by atoms with van der Waals surface area (Å²) in [5.74, 6) is 0.439. The van der Waals surface area contributed by atoms with Crippen molar-refractivity contribution in [2.75, 3.05) is 0 Å². The van der Waals surface area contributed by atoms with Crippen molar-refractivity contribution in [1.82, 2.24) is 0 Å². The Labute approximate surface area is 164 Å². The minimum atomic E-state index is -0.790. The highest BCUT2D eigenvalue weighted by Gasteiger charge is 2.46. The molecule has 1 aliphatic carbocycles. The summed E-state index contributed by atoms with van der Waals surface area (Å²) in [6, 6.07) is 31.6. The molecule has 0 atom stereocenters. The summed E-state index contributed by atoms with van der Waals surface area (Å²) < 4.78 is 0. The molecular formula is C26H20O2. The molecule has 0 spiro atoms. The SMILES string of the molecule is Oc1ccccc1C1(c2ccccc2O)c2ccccc2Cc2ccccc21. The third-order valence-corrected chi connectivity index (χ3v) is 5.84. The molecule has 0 amide bonds. The Morgan fingerprint density at radius 1 is 0.464 bits per heavy atom. The topological polar surface area (TPSA) is 40.5 Å². The second-order valence-corrected chi connectivity index (χ2v) is 7.28. The first kappa shape index (κ1) is 16.6. The Hall–Kier alpha value is -3.52. The summed E-state index contributed by atoms with van der Waals surface area (Å²) in [5.41, 5.74) is 5.35. The molecule has 28 heavy (non-hydrogen) atoms. The fourth-order valence-electron chi connectivity index (χ4n) is 4.74. The Kier molecular flexibility index (Phi) is 3.73. The van der Waals surface area contributed by atoms with E-state index < -0.39 is 5.41 Å². The molecule has 2 N–H and O–H groups in total. The maximum atomic E-state index is 10.9. The van der Waals surface area contributed by atoms with Gasteiger partial charge >= 0.3 is 0 Å². The van der Waals surface area contributed by atoms with Crippen molar-refractivity contribution in [1.29, 1.82) is 0 Å². The predicted octanol–water partition coefficient (Wildman–Crippen LogP) is 5.38. The van der Waals surface area contributed by atoms with Crippen LogP contribution in [0.3, 0.4) is 0 Å². The van der Waals surface area contributed by atoms with E-state index >= 15 is 0 Å². The molecular weight excluding hydrogens is 344 g/mol. The van der Waals surface area contributed by atoms with E-state index in [-0.39, 0.29) is 11.5 Å². The van der Waals surface area contributed by atoms with Gasteiger partial charge in [0.15, 0.2) is 0 Å². The predicted molar refractivity (Wildman–Crippen MR) is 111 cm³/mol. The van der Waals surface area contributed by atoms with E-state index in [1.165, 1.54) is 11.1 Å². The smallest absolute Gasteiger partial charge is 0.120 e. The molecule has 0 bridgehead atoms. The third kappa shape index (κ3) is 2.21. The van der Waals surface area contributed by atoms with Gasteiger partial charge in [0.25, 0.3) is 0 Å². The van der Waals surface area contributed by atoms with Crippen molar-refractivity contribution in [2.45, 2.75) is 11.8 Å². The molecule has 136 valence electrons. The van der Waals surface area contributed by atoms with Gasteiger partial charge < -0.3 is 10.2 Å². The molecule has 0 aromatic heterocycles. The first-order valence-corrected chi connectivity index (χ1v) is 9.46. The Bertz CT molecular complexity index is 1060. The lowest BCUT2D eigenvalue weighted by Crippen LogP contribution is -2.36. The van der Waals surface area contributed by atoms with Gasteiger partial charge in [0.2, 0.25) is 0 Å². The first-order chi connectivity index (χ1) is 13.7. The van der Waals surface area contributed by atoms with Crippen LogP contribution in [0.4, 0.5) is 0 Å². The molecule has 4 aromatic carbocycles. The van der Waals surface area contributed by atoms with Crippen molar-refractivity contribution in [3.05, 3.63) is 130 Å². The fraction of sp³-hybridized carbons (Fsp3) is 0.0769. The highest BCUT2D eigenvalue weighted by Crippen LogP contribution is 2.54. The average molecular weight is 364 g/mol. The number of fused-ring (bicyclic) bond motifs is 2.